The molecule has 17 nitrogen and oxygen atoms in total. The number of aromatic nitrogens is 2. The maximum Gasteiger partial charge on any atom is 1.00 e. The average Bonchev–Trinajstić information content (AvgIpc) is 3.48. The van der Waals surface area contributed by atoms with Crippen LogP contribution in [0.25, 0.3) is 0 Å². The summed E-state index contributed by atoms with van der Waals surface area (Å²) in [6.45, 7) is 0.818. The van der Waals surface area contributed by atoms with Crippen molar-refractivity contribution in [2.45, 2.75) is 75.5 Å². The number of ether oxygens (including phenoxy) is 5. The van der Waals surface area contributed by atoms with Gasteiger partial charge in [-0.25, -0.2) is 4.79 Å². The number of hydrogen-bond acceptors (Lipinski definition) is 15. The average molecular weight is 673 g/mol. The van der Waals surface area contributed by atoms with Crippen LogP contribution in [0.5, 0.6) is 0 Å². The van der Waals surface area contributed by atoms with Crippen molar-refractivity contribution in [2.75, 3.05) is 65.8 Å². The van der Waals surface area contributed by atoms with E-state index in [1.54, 1.807) is 6.20 Å². The molecule has 1 amide bonds. The van der Waals surface area contributed by atoms with E-state index in [4.69, 9.17) is 34.9 Å². The number of nitrogens with zero attached hydrogens (tertiary/aromatic N) is 2. The molecule has 0 aromatic carbocycles. The molecule has 2 aliphatic rings. The summed E-state index contributed by atoms with van der Waals surface area (Å²) in [5.41, 5.74) is 4.93. The number of rotatable bonds is 16. The van der Waals surface area contributed by atoms with Gasteiger partial charge in [-0.15, -0.1) is 6.61 Å². The first kappa shape index (κ1) is 44.4. The van der Waals surface area contributed by atoms with Gasteiger partial charge in [0.2, 0.25) is 5.91 Å². The SMILES string of the molecule is Nc1ccn(C2CCC(C[O-])O2)c(=O)n1.O=C(CCCCOC1CC(O)C(O)C(CO)O1)NCCOCCOCO.[B]OC.[K+]. The second kappa shape index (κ2) is 27.4. The predicted molar refractivity (Wildman–Crippen MR) is 153 cm³/mol. The predicted octanol–water partition coefficient (Wildman–Crippen LogP) is -6.31. The third-order valence-corrected chi connectivity index (χ3v) is 6.28. The second-order valence-electron chi connectivity index (χ2n) is 9.64. The van der Waals surface area contributed by atoms with Crippen LogP contribution in [-0.4, -0.2) is 135 Å². The molecule has 0 spiro atoms. The second-order valence-corrected chi connectivity index (χ2v) is 9.64. The standard InChI is InChI=1S/C16H31NO9.C9H12N3O3.CH3BO.K/c18-10-13-16(22)12(20)9-15(26-13)25-5-2-1-3-14(21)17-4-6-23-7-8-24-11-19;10-7-3-4-12(9(14)11-7)8-2-1-6(5-13)15-8;1-3-2;/h12-13,15-16,18-20,22H,1-11H2,(H,17,21);3-4,6,8H,1-2,5H2,(H2,10,11,14);1H3;/q;-1;;+1. The van der Waals surface area contributed by atoms with Crippen LogP contribution in [0.2, 0.25) is 0 Å². The van der Waals surface area contributed by atoms with E-state index in [-0.39, 0.29) is 95.3 Å². The minimum absolute atomic E-state index is 0. The Kier molecular flexibility index (Phi) is 27.0. The molecule has 0 aliphatic carbocycles. The maximum absolute atomic E-state index is 11.6. The van der Waals surface area contributed by atoms with Crippen LogP contribution in [-0.2, 0) is 33.1 Å². The van der Waals surface area contributed by atoms with Crippen molar-refractivity contribution in [1.29, 1.82) is 0 Å². The molecule has 7 N–H and O–H groups in total. The third kappa shape index (κ3) is 19.1. The van der Waals surface area contributed by atoms with E-state index in [2.05, 4.69) is 27.7 Å². The number of anilines is 1. The summed E-state index contributed by atoms with van der Waals surface area (Å²) in [7, 11) is 5.75. The summed E-state index contributed by atoms with van der Waals surface area (Å²) < 4.78 is 31.2. The Morgan fingerprint density at radius 1 is 1.18 bits per heavy atom. The summed E-state index contributed by atoms with van der Waals surface area (Å²) in [4.78, 5) is 26.7. The summed E-state index contributed by atoms with van der Waals surface area (Å²) in [6, 6.07) is 1.54. The zero-order valence-electron chi connectivity index (χ0n) is 26.0. The first-order valence-corrected chi connectivity index (χ1v) is 14.3. The summed E-state index contributed by atoms with van der Waals surface area (Å²) >= 11 is 0. The van der Waals surface area contributed by atoms with Gasteiger partial charge in [0.05, 0.1) is 32.5 Å². The van der Waals surface area contributed by atoms with Crippen molar-refractivity contribution in [3.63, 3.8) is 0 Å². The van der Waals surface area contributed by atoms with Crippen molar-refractivity contribution in [3.8, 4) is 0 Å². The smallest absolute Gasteiger partial charge is 0.853 e. The Balaban J connectivity index is 0.000000858. The fourth-order valence-electron chi connectivity index (χ4n) is 4.07. The van der Waals surface area contributed by atoms with Crippen LogP contribution in [0.4, 0.5) is 5.82 Å². The van der Waals surface area contributed by atoms with Crippen molar-refractivity contribution in [3.05, 3.63) is 22.7 Å². The van der Waals surface area contributed by atoms with Gasteiger partial charge in [-0.2, -0.15) is 4.98 Å². The van der Waals surface area contributed by atoms with Crippen molar-refractivity contribution in [1.82, 2.24) is 14.9 Å². The number of nitrogens with one attached hydrogen (secondary N) is 1. The Bertz CT molecular complexity index is 954. The molecule has 2 aliphatic heterocycles. The quantitative estimate of drug-likeness (QED) is 0.0543. The van der Waals surface area contributed by atoms with E-state index in [1.807, 2.05) is 0 Å². The molecule has 0 saturated carbocycles. The third-order valence-electron chi connectivity index (χ3n) is 6.28. The first-order valence-electron chi connectivity index (χ1n) is 14.3. The molecule has 1 aromatic rings. The van der Waals surface area contributed by atoms with E-state index in [0.717, 1.165) is 0 Å². The number of amides is 1. The number of aliphatic hydroxyl groups excluding tert-OH is 4. The normalized spacial score (nSPS) is 24.0. The van der Waals surface area contributed by atoms with Crippen LogP contribution < -0.4 is 73.2 Å². The molecule has 19 heteroatoms. The fourth-order valence-corrected chi connectivity index (χ4v) is 4.07. The number of hydrogen-bond donors (Lipinski definition) is 6. The van der Waals surface area contributed by atoms with Crippen molar-refractivity contribution >= 4 is 19.8 Å². The number of carbonyl (C=O) groups is 1. The number of nitrogen functional groups attached to an aromatic ring is 1. The van der Waals surface area contributed by atoms with Gasteiger partial charge < -0.3 is 64.9 Å². The molecule has 3 heterocycles. The van der Waals surface area contributed by atoms with Gasteiger partial charge in [0.1, 0.15) is 31.0 Å². The van der Waals surface area contributed by atoms with E-state index in [0.29, 0.717) is 65.1 Å². The topological polar surface area (TPSA) is 249 Å². The molecular weight excluding hydrogens is 626 g/mol. The van der Waals surface area contributed by atoms with Crippen LogP contribution in [0, 0.1) is 0 Å². The minimum atomic E-state index is -1.12. The molecule has 6 atom stereocenters. The molecule has 2 fully saturated rings. The van der Waals surface area contributed by atoms with Crippen LogP contribution in [0.15, 0.2) is 17.1 Å². The Morgan fingerprint density at radius 2 is 1.89 bits per heavy atom. The van der Waals surface area contributed by atoms with Gasteiger partial charge in [0, 0.05) is 45.4 Å². The molecular formula is C26H46BKN4O13. The van der Waals surface area contributed by atoms with E-state index < -0.39 is 36.9 Å². The molecule has 6 unspecified atom stereocenters. The van der Waals surface area contributed by atoms with Crippen LogP contribution in [0.1, 0.15) is 44.8 Å². The fraction of sp³-hybridized carbons (Fsp3) is 0.808. The van der Waals surface area contributed by atoms with Gasteiger partial charge in [-0.1, -0.05) is 0 Å². The number of nitrogens with two attached hydrogens (primary N) is 1. The van der Waals surface area contributed by atoms with Gasteiger partial charge in [-0.05, 0) is 31.7 Å². The van der Waals surface area contributed by atoms with Gasteiger partial charge in [-0.3, -0.25) is 9.36 Å². The molecule has 2 saturated heterocycles. The Labute approximate surface area is 306 Å². The van der Waals surface area contributed by atoms with Gasteiger partial charge in [0.25, 0.3) is 8.05 Å². The van der Waals surface area contributed by atoms with E-state index in [1.165, 1.54) is 17.7 Å². The molecule has 3 rings (SSSR count). The molecule has 252 valence electrons. The number of carbonyl (C=O) groups excluding carboxylic acids is 1. The molecule has 0 bridgehead atoms. The summed E-state index contributed by atoms with van der Waals surface area (Å²) in [5, 5.41) is 50.1. The van der Waals surface area contributed by atoms with E-state index in [9.17, 15) is 24.9 Å². The minimum Gasteiger partial charge on any atom is -0.853 e. The van der Waals surface area contributed by atoms with Crippen LogP contribution in [0.3, 0.4) is 0 Å². The number of aliphatic hydroxyl groups is 4. The molecule has 45 heavy (non-hydrogen) atoms. The summed E-state index contributed by atoms with van der Waals surface area (Å²) in [5.74, 6) is 0.114. The Morgan fingerprint density at radius 3 is 2.51 bits per heavy atom. The van der Waals surface area contributed by atoms with E-state index >= 15 is 0 Å². The largest absolute Gasteiger partial charge is 1.00 e. The monoisotopic (exact) mass is 672 g/mol. The van der Waals surface area contributed by atoms with Gasteiger partial charge in [0.15, 0.2) is 6.29 Å². The van der Waals surface area contributed by atoms with Crippen LogP contribution >= 0.6 is 0 Å². The zero-order chi connectivity index (χ0) is 32.7. The summed E-state index contributed by atoms with van der Waals surface area (Å²) in [6.07, 6.45) is 0.380. The van der Waals surface area contributed by atoms with Crippen molar-refractivity contribution < 1.29 is 110 Å². The number of unbranched alkanes of at least 4 members (excludes halogenated alkanes) is 1. The van der Waals surface area contributed by atoms with Gasteiger partial charge >= 0.3 is 57.1 Å². The molecule has 1 aromatic heterocycles. The maximum atomic E-state index is 11.6. The molecule has 2 radical (unpaired) electrons. The zero-order valence-corrected chi connectivity index (χ0v) is 29.2. The Hall–Kier alpha value is -0.589. The first-order chi connectivity index (χ1) is 21.2. The van der Waals surface area contributed by atoms with Crippen molar-refractivity contribution in [2.24, 2.45) is 0 Å².